The first kappa shape index (κ1) is 15.9. The fourth-order valence-electron chi connectivity index (χ4n) is 2.26. The zero-order valence-corrected chi connectivity index (χ0v) is 12.8. The second-order valence-corrected chi connectivity index (χ2v) is 5.64. The summed E-state index contributed by atoms with van der Waals surface area (Å²) in [6, 6.07) is 7.95. The predicted molar refractivity (Wildman–Crippen MR) is 79.6 cm³/mol. The van der Waals surface area contributed by atoms with Crippen LogP contribution in [0.1, 0.15) is 57.0 Å². The molecular formula is C17H26O2. The Morgan fingerprint density at radius 1 is 1.32 bits per heavy atom. The molecule has 1 aromatic rings. The maximum absolute atomic E-state index is 12.6. The van der Waals surface area contributed by atoms with Crippen molar-refractivity contribution < 1.29 is 9.53 Å². The van der Waals surface area contributed by atoms with Crippen LogP contribution < -0.4 is 0 Å². The van der Waals surface area contributed by atoms with E-state index in [1.807, 2.05) is 39.0 Å². The Kier molecular flexibility index (Phi) is 5.74. The van der Waals surface area contributed by atoms with E-state index in [4.69, 9.17) is 4.74 Å². The summed E-state index contributed by atoms with van der Waals surface area (Å²) >= 11 is 0. The van der Waals surface area contributed by atoms with E-state index < -0.39 is 5.60 Å². The molecule has 19 heavy (non-hydrogen) atoms. The highest BCUT2D eigenvalue weighted by Gasteiger charge is 2.32. The fourth-order valence-corrected chi connectivity index (χ4v) is 2.26. The summed E-state index contributed by atoms with van der Waals surface area (Å²) in [5.74, 6) is 0.678. The molecule has 0 fully saturated rings. The Morgan fingerprint density at radius 2 is 2.00 bits per heavy atom. The Hall–Kier alpha value is -1.15. The first-order valence-corrected chi connectivity index (χ1v) is 7.20. The minimum atomic E-state index is -0.703. The van der Waals surface area contributed by atoms with Gasteiger partial charge in [0.2, 0.25) is 0 Å². The molecule has 1 rings (SSSR count). The van der Waals surface area contributed by atoms with Gasteiger partial charge in [-0.15, -0.1) is 0 Å². The summed E-state index contributed by atoms with van der Waals surface area (Å²) in [7, 11) is 0. The van der Waals surface area contributed by atoms with Gasteiger partial charge in [0.1, 0.15) is 5.60 Å². The molecule has 0 saturated carbocycles. The summed E-state index contributed by atoms with van der Waals surface area (Å²) < 4.78 is 5.67. The van der Waals surface area contributed by atoms with E-state index in [1.165, 1.54) is 5.56 Å². The van der Waals surface area contributed by atoms with Gasteiger partial charge in [-0.05, 0) is 44.2 Å². The maximum atomic E-state index is 12.6. The molecule has 0 saturated heterocycles. The van der Waals surface area contributed by atoms with Gasteiger partial charge < -0.3 is 4.74 Å². The van der Waals surface area contributed by atoms with Gasteiger partial charge in [-0.25, -0.2) is 0 Å². The highest BCUT2D eigenvalue weighted by Crippen LogP contribution is 2.22. The van der Waals surface area contributed by atoms with E-state index in [0.717, 1.165) is 12.0 Å². The Labute approximate surface area is 117 Å². The zero-order chi connectivity index (χ0) is 14.5. The van der Waals surface area contributed by atoms with Crippen LogP contribution in [0.25, 0.3) is 0 Å². The maximum Gasteiger partial charge on any atom is 0.194 e. The normalized spacial score (nSPS) is 14.4. The standard InChI is InChI=1S/C17H26O2/c1-6-17(5,19-7-2)16(18)15-10-8-9-14(12-15)11-13(3)4/h8-10,12-13H,6-7,11H2,1-5H3. The number of carbonyl (C=O) groups excluding carboxylic acids is 1. The number of rotatable bonds is 7. The van der Waals surface area contributed by atoms with Gasteiger partial charge >= 0.3 is 0 Å². The van der Waals surface area contributed by atoms with Crippen molar-refractivity contribution in [1.82, 2.24) is 0 Å². The minimum absolute atomic E-state index is 0.0856. The van der Waals surface area contributed by atoms with E-state index in [2.05, 4.69) is 19.9 Å². The smallest absolute Gasteiger partial charge is 0.194 e. The van der Waals surface area contributed by atoms with Crippen LogP contribution in [-0.4, -0.2) is 18.0 Å². The van der Waals surface area contributed by atoms with Crippen LogP contribution in [0.4, 0.5) is 0 Å². The van der Waals surface area contributed by atoms with Crippen molar-refractivity contribution in [3.05, 3.63) is 35.4 Å². The molecule has 1 unspecified atom stereocenters. The molecule has 0 N–H and O–H groups in total. The van der Waals surface area contributed by atoms with Crippen molar-refractivity contribution in [2.24, 2.45) is 5.92 Å². The molecule has 0 heterocycles. The molecule has 1 atom stereocenters. The summed E-state index contributed by atoms with van der Waals surface area (Å²) in [6.45, 7) is 10.7. The minimum Gasteiger partial charge on any atom is -0.367 e. The van der Waals surface area contributed by atoms with Crippen LogP contribution >= 0.6 is 0 Å². The topological polar surface area (TPSA) is 26.3 Å². The lowest BCUT2D eigenvalue weighted by molar-refractivity contribution is -0.0116. The first-order valence-electron chi connectivity index (χ1n) is 7.20. The van der Waals surface area contributed by atoms with Gasteiger partial charge in [-0.1, -0.05) is 39.0 Å². The Bertz CT molecular complexity index is 423. The van der Waals surface area contributed by atoms with Crippen molar-refractivity contribution in [2.45, 2.75) is 53.1 Å². The number of benzene rings is 1. The van der Waals surface area contributed by atoms with Crippen molar-refractivity contribution in [3.63, 3.8) is 0 Å². The lowest BCUT2D eigenvalue weighted by Gasteiger charge is -2.26. The first-order chi connectivity index (χ1) is 8.92. The third-order valence-electron chi connectivity index (χ3n) is 3.45. The second-order valence-electron chi connectivity index (χ2n) is 5.64. The molecule has 0 amide bonds. The Balaban J connectivity index is 2.98. The molecule has 2 heteroatoms. The van der Waals surface area contributed by atoms with Crippen LogP contribution in [-0.2, 0) is 11.2 Å². The van der Waals surface area contributed by atoms with Crippen molar-refractivity contribution in [3.8, 4) is 0 Å². The van der Waals surface area contributed by atoms with Crippen molar-refractivity contribution in [1.29, 1.82) is 0 Å². The zero-order valence-electron chi connectivity index (χ0n) is 12.8. The van der Waals surface area contributed by atoms with Crippen LogP contribution in [0.15, 0.2) is 24.3 Å². The van der Waals surface area contributed by atoms with E-state index in [1.54, 1.807) is 0 Å². The quantitative estimate of drug-likeness (QED) is 0.686. The van der Waals surface area contributed by atoms with E-state index in [-0.39, 0.29) is 5.78 Å². The Morgan fingerprint density at radius 3 is 2.53 bits per heavy atom. The molecule has 0 aliphatic heterocycles. The number of ether oxygens (including phenoxy) is 1. The highest BCUT2D eigenvalue weighted by molar-refractivity contribution is 6.02. The van der Waals surface area contributed by atoms with Crippen LogP contribution in [0, 0.1) is 5.92 Å². The van der Waals surface area contributed by atoms with E-state index in [9.17, 15) is 4.79 Å². The molecule has 106 valence electrons. The number of ketones is 1. The molecule has 0 aromatic heterocycles. The van der Waals surface area contributed by atoms with Gasteiger partial charge in [0.25, 0.3) is 0 Å². The molecule has 0 aliphatic carbocycles. The highest BCUT2D eigenvalue weighted by atomic mass is 16.5. The lowest BCUT2D eigenvalue weighted by atomic mass is 9.90. The largest absolute Gasteiger partial charge is 0.367 e. The molecular weight excluding hydrogens is 236 g/mol. The molecule has 1 aromatic carbocycles. The summed E-state index contributed by atoms with van der Waals surface area (Å²) in [5, 5.41) is 0. The summed E-state index contributed by atoms with van der Waals surface area (Å²) in [5.41, 5.74) is 1.28. The SMILES string of the molecule is CCOC(C)(CC)C(=O)c1cccc(CC(C)C)c1. The summed E-state index contributed by atoms with van der Waals surface area (Å²) in [6.07, 6.45) is 1.69. The van der Waals surface area contributed by atoms with E-state index in [0.29, 0.717) is 18.9 Å². The lowest BCUT2D eigenvalue weighted by Crippen LogP contribution is -2.38. The molecule has 0 spiro atoms. The average molecular weight is 262 g/mol. The molecule has 0 aliphatic rings. The van der Waals surface area contributed by atoms with Crippen LogP contribution in [0.3, 0.4) is 0 Å². The monoisotopic (exact) mass is 262 g/mol. The van der Waals surface area contributed by atoms with Gasteiger partial charge in [0, 0.05) is 12.2 Å². The number of hydrogen-bond acceptors (Lipinski definition) is 2. The average Bonchev–Trinajstić information content (AvgIpc) is 2.37. The van der Waals surface area contributed by atoms with Gasteiger partial charge in [-0.2, -0.15) is 0 Å². The molecule has 2 nitrogen and oxygen atoms in total. The molecule has 0 bridgehead atoms. The van der Waals surface area contributed by atoms with Gasteiger partial charge in [0.05, 0.1) is 0 Å². The van der Waals surface area contributed by atoms with Gasteiger partial charge in [-0.3, -0.25) is 4.79 Å². The van der Waals surface area contributed by atoms with Crippen LogP contribution in [0.5, 0.6) is 0 Å². The van der Waals surface area contributed by atoms with Crippen LogP contribution in [0.2, 0.25) is 0 Å². The number of hydrogen-bond donors (Lipinski definition) is 0. The third kappa shape index (κ3) is 4.17. The van der Waals surface area contributed by atoms with Crippen molar-refractivity contribution in [2.75, 3.05) is 6.61 Å². The second kappa shape index (κ2) is 6.85. The number of carbonyl (C=O) groups is 1. The third-order valence-corrected chi connectivity index (χ3v) is 3.45. The van der Waals surface area contributed by atoms with E-state index >= 15 is 0 Å². The number of Topliss-reactive ketones (excluding diaryl/α,β-unsaturated/α-hetero) is 1. The van der Waals surface area contributed by atoms with Gasteiger partial charge in [0.15, 0.2) is 5.78 Å². The summed E-state index contributed by atoms with van der Waals surface area (Å²) in [4.78, 5) is 12.6. The van der Waals surface area contributed by atoms with Crippen molar-refractivity contribution >= 4 is 5.78 Å². The predicted octanol–water partition coefficient (Wildman–Crippen LogP) is 4.27. The fraction of sp³-hybridized carbons (Fsp3) is 0.588. The molecule has 0 radical (unpaired) electrons.